The largest absolute Gasteiger partial charge is 0.346 e. The lowest BCUT2D eigenvalue weighted by atomic mass is 10.2. The molecule has 0 aliphatic carbocycles. The van der Waals surface area contributed by atoms with E-state index in [-0.39, 0.29) is 30.9 Å². The summed E-state index contributed by atoms with van der Waals surface area (Å²) in [6.45, 7) is 1.16. The second-order valence-corrected chi connectivity index (χ2v) is 4.74. The SMILES string of the molecule is Cl.O=C(NCc1nc(-c2ccccc2)no1)C1CCCN1. The number of amides is 1. The molecule has 2 aromatic rings. The number of nitrogens with one attached hydrogen (secondary N) is 2. The van der Waals surface area contributed by atoms with Gasteiger partial charge >= 0.3 is 0 Å². The van der Waals surface area contributed by atoms with Crippen molar-refractivity contribution in [2.75, 3.05) is 6.54 Å². The number of hydrogen-bond acceptors (Lipinski definition) is 5. The van der Waals surface area contributed by atoms with E-state index in [1.807, 2.05) is 30.3 Å². The number of nitrogens with zero attached hydrogens (tertiary/aromatic N) is 2. The Kier molecular flexibility index (Phi) is 5.30. The minimum atomic E-state index is -0.0912. The van der Waals surface area contributed by atoms with Gasteiger partial charge in [0.1, 0.15) is 0 Å². The fourth-order valence-corrected chi connectivity index (χ4v) is 2.23. The zero-order valence-electron chi connectivity index (χ0n) is 11.4. The number of carbonyl (C=O) groups excluding carboxylic acids is 1. The Bertz CT molecular complexity index is 582. The van der Waals surface area contributed by atoms with Gasteiger partial charge in [0.05, 0.1) is 12.6 Å². The van der Waals surface area contributed by atoms with Crippen LogP contribution in [0.2, 0.25) is 0 Å². The van der Waals surface area contributed by atoms with Crippen LogP contribution in [0.25, 0.3) is 11.4 Å². The quantitative estimate of drug-likeness (QED) is 0.895. The highest BCUT2D eigenvalue weighted by atomic mass is 35.5. The van der Waals surface area contributed by atoms with Gasteiger partial charge < -0.3 is 15.2 Å². The number of hydrogen-bond donors (Lipinski definition) is 2. The predicted octanol–water partition coefficient (Wildman–Crippen LogP) is 1.53. The van der Waals surface area contributed by atoms with Gasteiger partial charge in [0.15, 0.2) is 0 Å². The third-order valence-electron chi connectivity index (χ3n) is 3.29. The molecule has 0 saturated carbocycles. The van der Waals surface area contributed by atoms with Gasteiger partial charge in [-0.15, -0.1) is 12.4 Å². The summed E-state index contributed by atoms with van der Waals surface area (Å²) in [6.07, 6.45) is 1.92. The zero-order valence-corrected chi connectivity index (χ0v) is 12.2. The molecule has 3 rings (SSSR count). The second kappa shape index (κ2) is 7.19. The van der Waals surface area contributed by atoms with Crippen molar-refractivity contribution in [3.05, 3.63) is 36.2 Å². The van der Waals surface area contributed by atoms with Gasteiger partial charge in [-0.05, 0) is 19.4 Å². The van der Waals surface area contributed by atoms with Gasteiger partial charge in [0.25, 0.3) is 0 Å². The average Bonchev–Trinajstić information content (AvgIpc) is 3.17. The van der Waals surface area contributed by atoms with E-state index in [0.29, 0.717) is 11.7 Å². The highest BCUT2D eigenvalue weighted by Crippen LogP contribution is 2.14. The molecular formula is C14H17ClN4O2. The molecule has 2 heterocycles. The van der Waals surface area contributed by atoms with Gasteiger partial charge in [-0.3, -0.25) is 4.79 Å². The second-order valence-electron chi connectivity index (χ2n) is 4.74. The summed E-state index contributed by atoms with van der Waals surface area (Å²) in [7, 11) is 0. The lowest BCUT2D eigenvalue weighted by Crippen LogP contribution is -2.40. The van der Waals surface area contributed by atoms with Crippen LogP contribution in [0.15, 0.2) is 34.9 Å². The minimum Gasteiger partial charge on any atom is -0.346 e. The molecule has 1 aliphatic heterocycles. The van der Waals surface area contributed by atoms with E-state index in [0.717, 1.165) is 24.9 Å². The Morgan fingerprint density at radius 2 is 2.19 bits per heavy atom. The van der Waals surface area contributed by atoms with Crippen molar-refractivity contribution in [2.24, 2.45) is 0 Å². The van der Waals surface area contributed by atoms with Crippen molar-refractivity contribution < 1.29 is 9.32 Å². The summed E-state index contributed by atoms with van der Waals surface area (Å²) in [5.41, 5.74) is 0.895. The smallest absolute Gasteiger partial charge is 0.246 e. The zero-order chi connectivity index (χ0) is 13.8. The van der Waals surface area contributed by atoms with E-state index in [1.165, 1.54) is 0 Å². The molecule has 0 bridgehead atoms. The van der Waals surface area contributed by atoms with Crippen molar-refractivity contribution in [3.63, 3.8) is 0 Å². The van der Waals surface area contributed by atoms with E-state index in [2.05, 4.69) is 20.8 Å². The van der Waals surface area contributed by atoms with Crippen molar-refractivity contribution in [3.8, 4) is 11.4 Å². The first kappa shape index (κ1) is 15.5. The van der Waals surface area contributed by atoms with Crippen LogP contribution in [0, 0.1) is 0 Å². The Morgan fingerprint density at radius 3 is 2.90 bits per heavy atom. The molecule has 1 atom stereocenters. The summed E-state index contributed by atoms with van der Waals surface area (Å²) in [5, 5.41) is 9.86. The van der Waals surface area contributed by atoms with Crippen LogP contribution < -0.4 is 10.6 Å². The maximum Gasteiger partial charge on any atom is 0.246 e. The molecule has 1 saturated heterocycles. The molecule has 1 aromatic carbocycles. The molecule has 21 heavy (non-hydrogen) atoms. The van der Waals surface area contributed by atoms with E-state index >= 15 is 0 Å². The number of rotatable bonds is 4. The van der Waals surface area contributed by atoms with E-state index in [1.54, 1.807) is 0 Å². The van der Waals surface area contributed by atoms with Gasteiger partial charge in [-0.1, -0.05) is 35.5 Å². The number of aromatic nitrogens is 2. The van der Waals surface area contributed by atoms with Crippen molar-refractivity contribution in [2.45, 2.75) is 25.4 Å². The first-order chi connectivity index (χ1) is 9.83. The van der Waals surface area contributed by atoms with E-state index in [9.17, 15) is 4.79 Å². The standard InChI is InChI=1S/C14H16N4O2.ClH/c19-14(11-7-4-8-15-11)16-9-12-17-13(18-20-12)10-5-2-1-3-6-10;/h1-3,5-6,11,15H,4,7-9H2,(H,16,19);1H. The van der Waals surface area contributed by atoms with Crippen LogP contribution in [0.4, 0.5) is 0 Å². The average molecular weight is 309 g/mol. The first-order valence-corrected chi connectivity index (χ1v) is 6.72. The van der Waals surface area contributed by atoms with Gasteiger partial charge in [0, 0.05) is 5.56 Å². The monoisotopic (exact) mass is 308 g/mol. The lowest BCUT2D eigenvalue weighted by Gasteiger charge is -2.08. The molecule has 0 spiro atoms. The molecule has 1 aliphatic rings. The highest BCUT2D eigenvalue weighted by molar-refractivity contribution is 5.85. The summed E-state index contributed by atoms with van der Waals surface area (Å²) in [6, 6.07) is 9.49. The topological polar surface area (TPSA) is 80.1 Å². The summed E-state index contributed by atoms with van der Waals surface area (Å²) in [5.74, 6) is 0.936. The van der Waals surface area contributed by atoms with Crippen LogP contribution in [0.3, 0.4) is 0 Å². The Balaban J connectivity index is 0.00000161. The fraction of sp³-hybridized carbons (Fsp3) is 0.357. The molecular weight excluding hydrogens is 292 g/mol. The molecule has 1 amide bonds. The van der Waals surface area contributed by atoms with Gasteiger partial charge in [0.2, 0.25) is 17.6 Å². The first-order valence-electron chi connectivity index (χ1n) is 6.72. The van der Waals surface area contributed by atoms with Crippen LogP contribution in [-0.4, -0.2) is 28.6 Å². The van der Waals surface area contributed by atoms with Crippen LogP contribution in [-0.2, 0) is 11.3 Å². The Hall–Kier alpha value is -1.92. The van der Waals surface area contributed by atoms with Gasteiger partial charge in [-0.2, -0.15) is 4.98 Å². The minimum absolute atomic E-state index is 0. The molecule has 6 nitrogen and oxygen atoms in total. The van der Waals surface area contributed by atoms with Crippen molar-refractivity contribution in [1.29, 1.82) is 0 Å². The lowest BCUT2D eigenvalue weighted by molar-refractivity contribution is -0.123. The summed E-state index contributed by atoms with van der Waals surface area (Å²) in [4.78, 5) is 16.1. The molecule has 1 aromatic heterocycles. The fourth-order valence-electron chi connectivity index (χ4n) is 2.23. The van der Waals surface area contributed by atoms with Crippen molar-refractivity contribution in [1.82, 2.24) is 20.8 Å². The molecule has 7 heteroatoms. The number of benzene rings is 1. The highest BCUT2D eigenvalue weighted by Gasteiger charge is 2.22. The summed E-state index contributed by atoms with van der Waals surface area (Å²) < 4.78 is 5.14. The predicted molar refractivity (Wildman–Crippen MR) is 79.9 cm³/mol. The van der Waals surface area contributed by atoms with Crippen LogP contribution in [0.1, 0.15) is 18.7 Å². The molecule has 112 valence electrons. The third kappa shape index (κ3) is 3.80. The van der Waals surface area contributed by atoms with E-state index < -0.39 is 0 Å². The van der Waals surface area contributed by atoms with E-state index in [4.69, 9.17) is 4.52 Å². The molecule has 1 unspecified atom stereocenters. The van der Waals surface area contributed by atoms with Crippen LogP contribution >= 0.6 is 12.4 Å². The molecule has 2 N–H and O–H groups in total. The molecule has 1 fully saturated rings. The number of carbonyl (C=O) groups is 1. The molecule has 0 radical (unpaired) electrons. The van der Waals surface area contributed by atoms with Crippen molar-refractivity contribution >= 4 is 18.3 Å². The summed E-state index contributed by atoms with van der Waals surface area (Å²) >= 11 is 0. The normalized spacial score (nSPS) is 17.2. The number of halogens is 1. The maximum atomic E-state index is 11.8. The Morgan fingerprint density at radius 1 is 1.38 bits per heavy atom. The third-order valence-corrected chi connectivity index (χ3v) is 3.29. The van der Waals surface area contributed by atoms with Gasteiger partial charge in [-0.25, -0.2) is 0 Å². The maximum absolute atomic E-state index is 11.8. The van der Waals surface area contributed by atoms with Crippen LogP contribution in [0.5, 0.6) is 0 Å². The Labute approximate surface area is 128 Å².